The smallest absolute Gasteiger partial charge is 0.423 e. The fourth-order valence-electron chi connectivity index (χ4n) is 3.13. The molecule has 7 heteroatoms. The minimum Gasteiger partial charge on any atom is -0.472 e. The zero-order valence-electron chi connectivity index (χ0n) is 17.0. The van der Waals surface area contributed by atoms with Crippen LogP contribution in [0.1, 0.15) is 37.0 Å². The molecule has 0 fully saturated rings. The Bertz CT molecular complexity index is 961. The maximum atomic E-state index is 13.5. The number of ether oxygens (including phenoxy) is 1. The molecule has 4 nitrogen and oxygen atoms in total. The van der Waals surface area contributed by atoms with Crippen LogP contribution in [0.2, 0.25) is 0 Å². The molecule has 158 valence electrons. The Balaban J connectivity index is 1.94. The first-order chi connectivity index (χ1) is 14.4. The monoisotopic (exact) mass is 415 g/mol. The van der Waals surface area contributed by atoms with Crippen molar-refractivity contribution in [3.8, 4) is 5.88 Å². The predicted molar refractivity (Wildman–Crippen MR) is 111 cm³/mol. The van der Waals surface area contributed by atoms with Gasteiger partial charge in [-0.15, -0.1) is 0 Å². The molecule has 1 aromatic heterocycles. The van der Waals surface area contributed by atoms with Gasteiger partial charge >= 0.3 is 6.18 Å². The average Bonchev–Trinajstić information content (AvgIpc) is 2.73. The van der Waals surface area contributed by atoms with Crippen LogP contribution in [-0.2, 0) is 19.2 Å². The van der Waals surface area contributed by atoms with E-state index < -0.39 is 17.6 Å². The van der Waals surface area contributed by atoms with Crippen molar-refractivity contribution in [3.05, 3.63) is 77.5 Å². The molecule has 0 aliphatic carbocycles. The van der Waals surface area contributed by atoms with E-state index in [1.165, 1.54) is 0 Å². The van der Waals surface area contributed by atoms with Crippen molar-refractivity contribution in [1.29, 1.82) is 0 Å². The molecule has 0 atom stereocenters. The maximum absolute atomic E-state index is 13.5. The summed E-state index contributed by atoms with van der Waals surface area (Å²) in [6.07, 6.45) is -1.89. The van der Waals surface area contributed by atoms with Gasteiger partial charge in [0.05, 0.1) is 0 Å². The quantitative estimate of drug-likeness (QED) is 0.440. The summed E-state index contributed by atoms with van der Waals surface area (Å²) in [5.74, 6) is -0.304. The second-order valence-corrected chi connectivity index (χ2v) is 6.83. The van der Waals surface area contributed by atoms with E-state index in [0.717, 1.165) is 35.9 Å². The normalized spacial score (nSPS) is 11.4. The zero-order chi connectivity index (χ0) is 21.6. The summed E-state index contributed by atoms with van der Waals surface area (Å²) in [4.78, 5) is 9.92. The van der Waals surface area contributed by atoms with Crippen molar-refractivity contribution in [2.24, 2.45) is 0 Å². The van der Waals surface area contributed by atoms with Crippen LogP contribution in [0, 0.1) is 0 Å². The third kappa shape index (κ3) is 5.28. The Morgan fingerprint density at radius 3 is 2.37 bits per heavy atom. The number of rotatable bonds is 8. The molecule has 2 aromatic carbocycles. The zero-order valence-corrected chi connectivity index (χ0v) is 17.0. The molecule has 3 aromatic rings. The van der Waals surface area contributed by atoms with Gasteiger partial charge in [0.15, 0.2) is 0 Å². The Labute approximate surface area is 174 Å². The van der Waals surface area contributed by atoms with E-state index in [-0.39, 0.29) is 12.6 Å². The number of aromatic nitrogens is 2. The van der Waals surface area contributed by atoms with Gasteiger partial charge in [0.1, 0.15) is 12.2 Å². The number of alkyl halides is 3. The van der Waals surface area contributed by atoms with E-state index in [1.54, 1.807) is 29.2 Å². The highest BCUT2D eigenvalue weighted by Gasteiger charge is 2.36. The minimum atomic E-state index is -4.61. The number of halogens is 3. The van der Waals surface area contributed by atoms with Crippen molar-refractivity contribution in [3.63, 3.8) is 0 Å². The summed E-state index contributed by atoms with van der Waals surface area (Å²) in [7, 11) is 0. The topological polar surface area (TPSA) is 38.2 Å². The van der Waals surface area contributed by atoms with Crippen molar-refractivity contribution in [1.82, 2.24) is 9.97 Å². The van der Waals surface area contributed by atoms with Gasteiger partial charge in [-0.2, -0.15) is 18.2 Å². The van der Waals surface area contributed by atoms with Crippen molar-refractivity contribution < 1.29 is 17.9 Å². The number of aryl methyl sites for hydroxylation is 1. The Kier molecular flexibility index (Phi) is 6.92. The Morgan fingerprint density at radius 2 is 1.70 bits per heavy atom. The minimum absolute atomic E-state index is 0.0154. The van der Waals surface area contributed by atoms with Crippen LogP contribution >= 0.6 is 0 Å². The predicted octanol–water partition coefficient (Wildman–Crippen LogP) is 6.18. The molecular weight excluding hydrogens is 391 g/mol. The SMILES string of the molecule is CCCc1cccc(N(CC)c2ncc(C(F)(F)F)c(OCc3ccccc3)n2)c1. The number of hydrogen-bond acceptors (Lipinski definition) is 4. The third-order valence-corrected chi connectivity index (χ3v) is 4.58. The van der Waals surface area contributed by atoms with Gasteiger partial charge in [0.25, 0.3) is 0 Å². The summed E-state index contributed by atoms with van der Waals surface area (Å²) in [6, 6.07) is 16.9. The van der Waals surface area contributed by atoms with Crippen LogP contribution in [0.5, 0.6) is 5.88 Å². The number of nitrogens with zero attached hydrogens (tertiary/aromatic N) is 3. The molecule has 0 unspecified atom stereocenters. The number of benzene rings is 2. The van der Waals surface area contributed by atoms with Crippen LogP contribution in [0.15, 0.2) is 60.8 Å². The maximum Gasteiger partial charge on any atom is 0.423 e. The van der Waals surface area contributed by atoms with Gasteiger partial charge in [0.2, 0.25) is 11.8 Å². The lowest BCUT2D eigenvalue weighted by atomic mass is 10.1. The molecule has 0 amide bonds. The lowest BCUT2D eigenvalue weighted by Crippen LogP contribution is -2.21. The summed E-state index contributed by atoms with van der Waals surface area (Å²) in [5.41, 5.74) is 1.75. The molecule has 0 aliphatic heterocycles. The van der Waals surface area contributed by atoms with Gasteiger partial charge in [-0.05, 0) is 36.6 Å². The summed E-state index contributed by atoms with van der Waals surface area (Å²) >= 11 is 0. The Hall–Kier alpha value is -3.09. The van der Waals surface area contributed by atoms with Gasteiger partial charge in [-0.25, -0.2) is 4.98 Å². The molecule has 0 saturated heterocycles. The molecule has 0 aliphatic rings. The fraction of sp³-hybridized carbons (Fsp3) is 0.304. The van der Waals surface area contributed by atoms with Crippen molar-refractivity contribution >= 4 is 11.6 Å². The number of hydrogen-bond donors (Lipinski definition) is 0. The first-order valence-corrected chi connectivity index (χ1v) is 9.89. The molecule has 3 rings (SSSR count). The van der Waals surface area contributed by atoms with Crippen LogP contribution in [0.4, 0.5) is 24.8 Å². The largest absolute Gasteiger partial charge is 0.472 e. The highest BCUT2D eigenvalue weighted by molar-refractivity contribution is 5.58. The molecule has 1 heterocycles. The van der Waals surface area contributed by atoms with Crippen LogP contribution < -0.4 is 9.64 Å². The molecule has 0 radical (unpaired) electrons. The first-order valence-electron chi connectivity index (χ1n) is 9.89. The highest BCUT2D eigenvalue weighted by atomic mass is 19.4. The Morgan fingerprint density at radius 1 is 0.967 bits per heavy atom. The van der Waals surface area contributed by atoms with E-state index in [1.807, 2.05) is 37.3 Å². The van der Waals surface area contributed by atoms with Crippen LogP contribution in [0.3, 0.4) is 0 Å². The summed E-state index contributed by atoms with van der Waals surface area (Å²) in [5, 5.41) is 0. The summed E-state index contributed by atoms with van der Waals surface area (Å²) < 4.78 is 45.9. The second-order valence-electron chi connectivity index (χ2n) is 6.83. The highest BCUT2D eigenvalue weighted by Crippen LogP contribution is 2.36. The van der Waals surface area contributed by atoms with E-state index in [0.29, 0.717) is 6.54 Å². The third-order valence-electron chi connectivity index (χ3n) is 4.58. The van der Waals surface area contributed by atoms with E-state index in [9.17, 15) is 13.2 Å². The van der Waals surface area contributed by atoms with Crippen LogP contribution in [-0.4, -0.2) is 16.5 Å². The van der Waals surface area contributed by atoms with E-state index in [4.69, 9.17) is 4.74 Å². The van der Waals surface area contributed by atoms with Gasteiger partial charge in [0, 0.05) is 18.4 Å². The molecule has 0 bridgehead atoms. The second kappa shape index (κ2) is 9.61. The molecule has 30 heavy (non-hydrogen) atoms. The first kappa shape index (κ1) is 21.6. The van der Waals surface area contributed by atoms with Crippen LogP contribution in [0.25, 0.3) is 0 Å². The lowest BCUT2D eigenvalue weighted by Gasteiger charge is -2.23. The molecule has 0 N–H and O–H groups in total. The van der Waals surface area contributed by atoms with Gasteiger partial charge < -0.3 is 9.64 Å². The molecule has 0 saturated carbocycles. The van der Waals surface area contributed by atoms with E-state index in [2.05, 4.69) is 16.9 Å². The van der Waals surface area contributed by atoms with Crippen molar-refractivity contribution in [2.45, 2.75) is 39.5 Å². The summed E-state index contributed by atoms with van der Waals surface area (Å²) in [6.45, 7) is 4.48. The number of anilines is 2. The molecular formula is C23H24F3N3O. The van der Waals surface area contributed by atoms with Crippen molar-refractivity contribution in [2.75, 3.05) is 11.4 Å². The standard InChI is InChI=1S/C23H24F3N3O/c1-3-9-17-12-8-13-19(14-17)29(4-2)22-27-15-20(23(24,25)26)21(28-22)30-16-18-10-6-5-7-11-18/h5-8,10-15H,3-4,9,16H2,1-2H3. The van der Waals surface area contributed by atoms with Gasteiger partial charge in [-0.3, -0.25) is 0 Å². The average molecular weight is 415 g/mol. The van der Waals surface area contributed by atoms with E-state index >= 15 is 0 Å². The van der Waals surface area contributed by atoms with Gasteiger partial charge in [-0.1, -0.05) is 55.8 Å². The molecule has 0 spiro atoms. The lowest BCUT2D eigenvalue weighted by molar-refractivity contribution is -0.139. The fourth-order valence-corrected chi connectivity index (χ4v) is 3.13.